The molecule has 2 heterocycles. The van der Waals surface area contributed by atoms with E-state index in [1.807, 2.05) is 31.4 Å². The molecule has 0 amide bonds. The Bertz CT molecular complexity index is 1230. The number of aromatic nitrogens is 4. The highest BCUT2D eigenvalue weighted by atomic mass is 19.2. The zero-order valence-electron chi connectivity index (χ0n) is 17.1. The minimum atomic E-state index is -1.04. The Morgan fingerprint density at radius 1 is 1.10 bits per heavy atom. The predicted octanol–water partition coefficient (Wildman–Crippen LogP) is 3.84. The molecule has 9 heteroatoms. The highest BCUT2D eigenvalue weighted by Gasteiger charge is 2.17. The Labute approximate surface area is 177 Å². The Hall–Kier alpha value is -3.59. The van der Waals surface area contributed by atoms with E-state index < -0.39 is 11.6 Å². The molecular formula is C22H21F2N5O2. The number of fused-ring (bicyclic) bond motifs is 1. The van der Waals surface area contributed by atoms with Gasteiger partial charge in [0.2, 0.25) is 5.82 Å². The molecule has 160 valence electrons. The summed E-state index contributed by atoms with van der Waals surface area (Å²) in [7, 11) is 3.11. The molecule has 0 bridgehead atoms. The van der Waals surface area contributed by atoms with Crippen LogP contribution in [0, 0.1) is 11.6 Å². The van der Waals surface area contributed by atoms with Crippen molar-refractivity contribution < 1.29 is 18.6 Å². The number of aliphatic hydroxyl groups is 1. The maximum Gasteiger partial charge on any atom is 0.200 e. The summed E-state index contributed by atoms with van der Waals surface area (Å²) in [5, 5.41) is 13.5. The van der Waals surface area contributed by atoms with Crippen molar-refractivity contribution >= 4 is 22.4 Å². The smallest absolute Gasteiger partial charge is 0.200 e. The largest absolute Gasteiger partial charge is 0.493 e. The molecule has 0 aliphatic rings. The summed E-state index contributed by atoms with van der Waals surface area (Å²) >= 11 is 0. The van der Waals surface area contributed by atoms with Crippen LogP contribution in [0.2, 0.25) is 0 Å². The molecule has 1 N–H and O–H groups in total. The van der Waals surface area contributed by atoms with Gasteiger partial charge in [-0.05, 0) is 24.6 Å². The molecule has 0 aliphatic heterocycles. The number of anilines is 2. The van der Waals surface area contributed by atoms with Crippen LogP contribution < -0.4 is 9.64 Å². The summed E-state index contributed by atoms with van der Waals surface area (Å²) < 4.78 is 34.7. The average Bonchev–Trinajstić information content (AvgIpc) is 3.22. The van der Waals surface area contributed by atoms with Crippen molar-refractivity contribution in [3.8, 4) is 17.0 Å². The van der Waals surface area contributed by atoms with Crippen LogP contribution >= 0.6 is 0 Å². The van der Waals surface area contributed by atoms with Crippen LogP contribution in [-0.2, 0) is 7.05 Å². The zero-order chi connectivity index (χ0) is 22.0. The van der Waals surface area contributed by atoms with Crippen molar-refractivity contribution in [2.45, 2.75) is 6.42 Å². The van der Waals surface area contributed by atoms with Gasteiger partial charge >= 0.3 is 0 Å². The lowest BCUT2D eigenvalue weighted by Crippen LogP contribution is -2.20. The van der Waals surface area contributed by atoms with Gasteiger partial charge < -0.3 is 14.7 Å². The van der Waals surface area contributed by atoms with Gasteiger partial charge in [-0.2, -0.15) is 9.49 Å². The van der Waals surface area contributed by atoms with Crippen LogP contribution in [0.5, 0.6) is 5.75 Å². The van der Waals surface area contributed by atoms with E-state index in [4.69, 9.17) is 9.72 Å². The summed E-state index contributed by atoms with van der Waals surface area (Å²) in [5.41, 5.74) is 3.95. The first-order valence-electron chi connectivity index (χ1n) is 9.67. The molecule has 4 aromatic rings. The first kappa shape index (κ1) is 20.7. The molecule has 0 saturated heterocycles. The van der Waals surface area contributed by atoms with Crippen molar-refractivity contribution in [1.82, 2.24) is 19.7 Å². The summed E-state index contributed by atoms with van der Waals surface area (Å²) in [6.07, 6.45) is 5.67. The van der Waals surface area contributed by atoms with Gasteiger partial charge in [0, 0.05) is 55.5 Å². The highest BCUT2D eigenvalue weighted by Crippen LogP contribution is 2.33. The van der Waals surface area contributed by atoms with Gasteiger partial charge in [0.1, 0.15) is 0 Å². The van der Waals surface area contributed by atoms with E-state index in [0.29, 0.717) is 41.1 Å². The van der Waals surface area contributed by atoms with Crippen LogP contribution in [0.1, 0.15) is 6.42 Å². The van der Waals surface area contributed by atoms with Gasteiger partial charge in [0.25, 0.3) is 0 Å². The molecule has 0 atom stereocenters. The normalized spacial score (nSPS) is 11.1. The molecule has 2 aromatic carbocycles. The zero-order valence-corrected chi connectivity index (χ0v) is 17.1. The van der Waals surface area contributed by atoms with Gasteiger partial charge in [0.05, 0.1) is 36.2 Å². The van der Waals surface area contributed by atoms with E-state index >= 15 is 0 Å². The number of benzene rings is 2. The second-order valence-electron chi connectivity index (χ2n) is 7.00. The van der Waals surface area contributed by atoms with Crippen LogP contribution in [0.15, 0.2) is 48.9 Å². The Morgan fingerprint density at radius 2 is 1.94 bits per heavy atom. The molecule has 0 spiro atoms. The number of aryl methyl sites for hydroxylation is 1. The van der Waals surface area contributed by atoms with Crippen LogP contribution in [0.4, 0.5) is 20.2 Å². The number of hydrogen-bond acceptors (Lipinski definition) is 6. The molecular weight excluding hydrogens is 404 g/mol. The predicted molar refractivity (Wildman–Crippen MR) is 113 cm³/mol. The summed E-state index contributed by atoms with van der Waals surface area (Å²) in [6.45, 7) is 0.335. The van der Waals surface area contributed by atoms with E-state index in [-0.39, 0.29) is 12.4 Å². The quantitative estimate of drug-likeness (QED) is 0.485. The summed E-state index contributed by atoms with van der Waals surface area (Å²) in [4.78, 5) is 10.9. The number of halogens is 2. The SMILES string of the molecule is COc1cc(N(CCCO)c2ccc3ncc(-c4cnn(C)c4)nc3c2)cc(F)c1F. The number of ether oxygens (including phenoxy) is 1. The number of hydrogen-bond donors (Lipinski definition) is 1. The van der Waals surface area contributed by atoms with Crippen LogP contribution in [0.25, 0.3) is 22.3 Å². The van der Waals surface area contributed by atoms with Crippen molar-refractivity contribution in [3.63, 3.8) is 0 Å². The first-order chi connectivity index (χ1) is 15.0. The topological polar surface area (TPSA) is 76.3 Å². The molecule has 7 nitrogen and oxygen atoms in total. The lowest BCUT2D eigenvalue weighted by atomic mass is 10.1. The molecule has 4 rings (SSSR count). The van der Waals surface area contributed by atoms with Gasteiger partial charge in [-0.3, -0.25) is 9.67 Å². The molecule has 0 radical (unpaired) electrons. The third-order valence-corrected chi connectivity index (χ3v) is 4.89. The summed E-state index contributed by atoms with van der Waals surface area (Å²) in [5.74, 6) is -2.25. The van der Waals surface area contributed by atoms with Gasteiger partial charge in [0.15, 0.2) is 11.6 Å². The van der Waals surface area contributed by atoms with Crippen molar-refractivity contribution in [2.75, 3.05) is 25.2 Å². The monoisotopic (exact) mass is 425 g/mol. The van der Waals surface area contributed by atoms with E-state index in [2.05, 4.69) is 10.1 Å². The third kappa shape index (κ3) is 4.17. The van der Waals surface area contributed by atoms with Crippen molar-refractivity contribution in [2.24, 2.45) is 7.05 Å². The van der Waals surface area contributed by atoms with E-state index in [1.165, 1.54) is 13.2 Å². The molecule has 2 aromatic heterocycles. The van der Waals surface area contributed by atoms with E-state index in [0.717, 1.165) is 11.6 Å². The Kier molecular flexibility index (Phi) is 5.77. The van der Waals surface area contributed by atoms with Gasteiger partial charge in [-0.25, -0.2) is 9.37 Å². The highest BCUT2D eigenvalue weighted by molar-refractivity contribution is 5.82. The Morgan fingerprint density at radius 3 is 2.65 bits per heavy atom. The van der Waals surface area contributed by atoms with Crippen LogP contribution in [0.3, 0.4) is 0 Å². The first-order valence-corrected chi connectivity index (χ1v) is 9.67. The average molecular weight is 425 g/mol. The number of aliphatic hydroxyl groups excluding tert-OH is 1. The van der Waals surface area contributed by atoms with Gasteiger partial charge in [-0.1, -0.05) is 0 Å². The molecule has 0 saturated carbocycles. The Balaban J connectivity index is 1.79. The fraction of sp³-hybridized carbons (Fsp3) is 0.227. The number of rotatable bonds is 7. The minimum Gasteiger partial charge on any atom is -0.493 e. The second-order valence-corrected chi connectivity index (χ2v) is 7.00. The maximum atomic E-state index is 14.2. The van der Waals surface area contributed by atoms with Gasteiger partial charge in [-0.15, -0.1) is 0 Å². The fourth-order valence-corrected chi connectivity index (χ4v) is 3.35. The fourth-order valence-electron chi connectivity index (χ4n) is 3.35. The molecule has 0 fully saturated rings. The van der Waals surface area contributed by atoms with E-state index in [1.54, 1.807) is 22.0 Å². The molecule has 31 heavy (non-hydrogen) atoms. The molecule has 0 aliphatic carbocycles. The van der Waals surface area contributed by atoms with Crippen LogP contribution in [-0.4, -0.2) is 45.1 Å². The van der Waals surface area contributed by atoms with Crippen molar-refractivity contribution in [1.29, 1.82) is 0 Å². The van der Waals surface area contributed by atoms with E-state index in [9.17, 15) is 13.9 Å². The number of methoxy groups -OCH3 is 1. The standard InChI is InChI=1S/C22H21F2N5O2/c1-28-13-14(11-26-28)20-12-25-18-5-4-15(9-19(18)27-20)29(6-3-7-30)16-8-17(23)22(24)21(10-16)31-2/h4-5,8-13,30H,3,6-7H2,1-2H3. The van der Waals surface area contributed by atoms with Crippen molar-refractivity contribution in [3.05, 3.63) is 60.6 Å². The summed E-state index contributed by atoms with van der Waals surface area (Å²) in [6, 6.07) is 8.00. The number of nitrogens with zero attached hydrogens (tertiary/aromatic N) is 5. The maximum absolute atomic E-state index is 14.2. The lowest BCUT2D eigenvalue weighted by molar-refractivity contribution is 0.291. The lowest BCUT2D eigenvalue weighted by Gasteiger charge is -2.25. The third-order valence-electron chi connectivity index (χ3n) is 4.89. The molecule has 0 unspecified atom stereocenters. The second kappa shape index (κ2) is 8.65. The minimum absolute atomic E-state index is 0.0458.